The lowest BCUT2D eigenvalue weighted by Crippen LogP contribution is -2.28. The van der Waals surface area contributed by atoms with Crippen molar-refractivity contribution < 1.29 is 0 Å². The zero-order valence-electron chi connectivity index (χ0n) is 12.3. The Labute approximate surface area is 130 Å². The Morgan fingerprint density at radius 2 is 1.59 bits per heavy atom. The quantitative estimate of drug-likeness (QED) is 0.664. The highest BCUT2D eigenvalue weighted by molar-refractivity contribution is 5.83. The van der Waals surface area contributed by atoms with Gasteiger partial charge in [0.25, 0.3) is 0 Å². The van der Waals surface area contributed by atoms with Crippen molar-refractivity contribution in [1.29, 1.82) is 0 Å². The van der Waals surface area contributed by atoms with Crippen molar-refractivity contribution in [3.8, 4) is 0 Å². The summed E-state index contributed by atoms with van der Waals surface area (Å²) in [6.45, 7) is 0. The molecule has 0 amide bonds. The SMILES string of the molecule is C1=CC2=Cc3ccccc3C23C=C1C=C(c1ccccc1)C3. The van der Waals surface area contributed by atoms with Gasteiger partial charge in [-0.15, -0.1) is 0 Å². The average Bonchev–Trinajstić information content (AvgIpc) is 2.88. The number of allylic oxidation sites excluding steroid dienone is 7. The molecule has 2 aromatic carbocycles. The largest absolute Gasteiger partial charge is 0.0622 e. The summed E-state index contributed by atoms with van der Waals surface area (Å²) in [4.78, 5) is 0. The maximum absolute atomic E-state index is 2.46. The van der Waals surface area contributed by atoms with Gasteiger partial charge in [-0.05, 0) is 39.8 Å². The number of fused-ring (bicyclic) bond motifs is 1. The molecule has 3 aliphatic carbocycles. The van der Waals surface area contributed by atoms with Crippen LogP contribution in [-0.4, -0.2) is 0 Å². The molecule has 0 fully saturated rings. The molecule has 1 atom stereocenters. The fraction of sp³-hybridized carbons (Fsp3) is 0.0909. The molecule has 0 heterocycles. The minimum atomic E-state index is 0.0423. The van der Waals surface area contributed by atoms with Crippen LogP contribution in [0, 0.1) is 0 Å². The van der Waals surface area contributed by atoms with Crippen molar-refractivity contribution in [3.63, 3.8) is 0 Å². The van der Waals surface area contributed by atoms with Crippen molar-refractivity contribution in [1.82, 2.24) is 0 Å². The van der Waals surface area contributed by atoms with Crippen molar-refractivity contribution in [3.05, 3.63) is 107 Å². The van der Waals surface area contributed by atoms with Gasteiger partial charge in [0.1, 0.15) is 0 Å². The summed E-state index contributed by atoms with van der Waals surface area (Å²) >= 11 is 0. The predicted molar refractivity (Wildman–Crippen MR) is 92.4 cm³/mol. The first-order valence-electron chi connectivity index (χ1n) is 7.84. The third-order valence-electron chi connectivity index (χ3n) is 5.09. The van der Waals surface area contributed by atoms with Gasteiger partial charge in [0.15, 0.2) is 0 Å². The summed E-state index contributed by atoms with van der Waals surface area (Å²) in [5, 5.41) is 0. The van der Waals surface area contributed by atoms with Gasteiger partial charge in [-0.2, -0.15) is 0 Å². The summed E-state index contributed by atoms with van der Waals surface area (Å²) in [5.41, 5.74) is 8.40. The highest BCUT2D eigenvalue weighted by Gasteiger charge is 2.42. The maximum Gasteiger partial charge on any atom is 0.0437 e. The van der Waals surface area contributed by atoms with Gasteiger partial charge in [-0.3, -0.25) is 0 Å². The highest BCUT2D eigenvalue weighted by Crippen LogP contribution is 2.53. The van der Waals surface area contributed by atoms with E-state index < -0.39 is 0 Å². The van der Waals surface area contributed by atoms with Gasteiger partial charge >= 0.3 is 0 Å². The van der Waals surface area contributed by atoms with Crippen LogP contribution in [0.2, 0.25) is 0 Å². The fourth-order valence-electron chi connectivity index (χ4n) is 4.09. The number of hydrogen-bond acceptors (Lipinski definition) is 0. The van der Waals surface area contributed by atoms with Gasteiger partial charge in [0, 0.05) is 5.41 Å². The van der Waals surface area contributed by atoms with E-state index in [1.165, 1.54) is 33.4 Å². The third kappa shape index (κ3) is 1.52. The minimum Gasteiger partial charge on any atom is -0.0622 e. The van der Waals surface area contributed by atoms with Crippen LogP contribution in [0.25, 0.3) is 11.6 Å². The summed E-state index contributed by atoms with van der Waals surface area (Å²) in [6.07, 6.45) is 12.7. The maximum atomic E-state index is 2.46. The zero-order chi connectivity index (χ0) is 14.6. The van der Waals surface area contributed by atoms with Crippen LogP contribution in [-0.2, 0) is 5.41 Å². The Balaban J connectivity index is 1.71. The second-order valence-electron chi connectivity index (χ2n) is 6.35. The molecule has 3 aliphatic rings. The molecular formula is C22H16. The van der Waals surface area contributed by atoms with Crippen molar-refractivity contribution >= 4 is 11.6 Å². The Kier molecular flexibility index (Phi) is 2.29. The molecule has 0 aromatic heterocycles. The molecular weight excluding hydrogens is 264 g/mol. The molecule has 2 aromatic rings. The predicted octanol–water partition coefficient (Wildman–Crippen LogP) is 5.30. The second-order valence-corrected chi connectivity index (χ2v) is 6.35. The van der Waals surface area contributed by atoms with Crippen LogP contribution in [0.15, 0.2) is 90.0 Å². The second kappa shape index (κ2) is 4.20. The van der Waals surface area contributed by atoms with Gasteiger partial charge in [-0.1, -0.05) is 85.0 Å². The molecule has 0 saturated heterocycles. The fourth-order valence-corrected chi connectivity index (χ4v) is 4.09. The van der Waals surface area contributed by atoms with Crippen molar-refractivity contribution in [2.24, 2.45) is 0 Å². The molecule has 0 saturated carbocycles. The summed E-state index contributed by atoms with van der Waals surface area (Å²) in [7, 11) is 0. The van der Waals surface area contributed by atoms with Crippen molar-refractivity contribution in [2.45, 2.75) is 11.8 Å². The smallest absolute Gasteiger partial charge is 0.0437 e. The first-order valence-corrected chi connectivity index (χ1v) is 7.84. The summed E-state index contributed by atoms with van der Waals surface area (Å²) in [5.74, 6) is 0. The molecule has 0 radical (unpaired) electrons. The summed E-state index contributed by atoms with van der Waals surface area (Å²) in [6, 6.07) is 19.6. The van der Waals surface area contributed by atoms with E-state index in [4.69, 9.17) is 0 Å². The third-order valence-corrected chi connectivity index (χ3v) is 5.09. The van der Waals surface area contributed by atoms with E-state index in [0.29, 0.717) is 0 Å². The van der Waals surface area contributed by atoms with E-state index in [-0.39, 0.29) is 5.41 Å². The van der Waals surface area contributed by atoms with Crippen LogP contribution in [0.3, 0.4) is 0 Å². The van der Waals surface area contributed by atoms with Gasteiger partial charge in [-0.25, -0.2) is 0 Å². The summed E-state index contributed by atoms with van der Waals surface area (Å²) < 4.78 is 0. The molecule has 5 rings (SSSR count). The lowest BCUT2D eigenvalue weighted by molar-refractivity contribution is 0.662. The van der Waals surface area contributed by atoms with E-state index in [9.17, 15) is 0 Å². The van der Waals surface area contributed by atoms with E-state index in [0.717, 1.165) is 6.42 Å². The van der Waals surface area contributed by atoms with Crippen LogP contribution in [0.1, 0.15) is 23.1 Å². The number of benzene rings is 2. The average molecular weight is 280 g/mol. The monoisotopic (exact) mass is 280 g/mol. The van der Waals surface area contributed by atoms with E-state index in [2.05, 4.69) is 85.0 Å². The molecule has 0 heteroatoms. The molecule has 2 bridgehead atoms. The molecule has 0 nitrogen and oxygen atoms in total. The topological polar surface area (TPSA) is 0 Å². The van der Waals surface area contributed by atoms with Crippen LogP contribution in [0.5, 0.6) is 0 Å². The van der Waals surface area contributed by atoms with Gasteiger partial charge in [0.2, 0.25) is 0 Å². The van der Waals surface area contributed by atoms with Gasteiger partial charge < -0.3 is 0 Å². The molecule has 1 spiro atoms. The first-order chi connectivity index (χ1) is 10.9. The lowest BCUT2D eigenvalue weighted by atomic mass is 9.66. The number of hydrogen-bond donors (Lipinski definition) is 0. The lowest BCUT2D eigenvalue weighted by Gasteiger charge is -2.37. The molecule has 104 valence electrons. The first kappa shape index (κ1) is 12.0. The molecule has 1 unspecified atom stereocenters. The van der Waals surface area contributed by atoms with E-state index in [1.807, 2.05) is 0 Å². The normalized spacial score (nSPS) is 24.1. The molecule has 0 aliphatic heterocycles. The van der Waals surface area contributed by atoms with Crippen LogP contribution in [0.4, 0.5) is 0 Å². The molecule has 22 heavy (non-hydrogen) atoms. The Hall–Kier alpha value is -2.60. The van der Waals surface area contributed by atoms with E-state index >= 15 is 0 Å². The Morgan fingerprint density at radius 1 is 0.773 bits per heavy atom. The van der Waals surface area contributed by atoms with Crippen molar-refractivity contribution in [2.75, 3.05) is 0 Å². The van der Waals surface area contributed by atoms with Crippen LogP contribution < -0.4 is 0 Å². The minimum absolute atomic E-state index is 0.0423. The highest BCUT2D eigenvalue weighted by atomic mass is 14.4. The van der Waals surface area contributed by atoms with Crippen LogP contribution >= 0.6 is 0 Å². The molecule has 0 N–H and O–H groups in total. The zero-order valence-corrected chi connectivity index (χ0v) is 12.3. The van der Waals surface area contributed by atoms with Gasteiger partial charge in [0.05, 0.1) is 0 Å². The Morgan fingerprint density at radius 3 is 2.50 bits per heavy atom. The standard InChI is InChI=1S/C22H16/c1-2-6-17(7-3-1)19-12-16-10-11-20-13-18-8-4-5-9-21(18)22(20,14-16)15-19/h1-14H,15H2. The Bertz CT molecular complexity index is 891. The number of rotatable bonds is 1. The van der Waals surface area contributed by atoms with E-state index in [1.54, 1.807) is 0 Å².